The molecular weight excluding hydrogens is 180 g/mol. The van der Waals surface area contributed by atoms with Gasteiger partial charge in [0.1, 0.15) is 0 Å². The van der Waals surface area contributed by atoms with Gasteiger partial charge in [-0.15, -0.1) is 0 Å². The Kier molecular flexibility index (Phi) is 6.76. The fraction of sp³-hybridized carbons (Fsp3) is 0.200. The van der Waals surface area contributed by atoms with E-state index in [-0.39, 0.29) is 0 Å². The van der Waals surface area contributed by atoms with E-state index in [0.29, 0.717) is 0 Å². The summed E-state index contributed by atoms with van der Waals surface area (Å²) in [4.78, 5) is 0. The highest BCUT2D eigenvalue weighted by Gasteiger charge is 1.83. The van der Waals surface area contributed by atoms with Crippen molar-refractivity contribution >= 4 is 0 Å². The molecule has 0 aromatic carbocycles. The average Bonchev–Trinajstić information content (AvgIpc) is 2.18. The summed E-state index contributed by atoms with van der Waals surface area (Å²) in [5, 5.41) is 0. The van der Waals surface area contributed by atoms with Crippen LogP contribution in [0.4, 0.5) is 0 Å². The van der Waals surface area contributed by atoms with Crippen molar-refractivity contribution in [2.45, 2.75) is 20.8 Å². The van der Waals surface area contributed by atoms with Gasteiger partial charge in [-0.1, -0.05) is 54.9 Å². The van der Waals surface area contributed by atoms with E-state index < -0.39 is 0 Å². The summed E-state index contributed by atoms with van der Waals surface area (Å²) in [6.07, 6.45) is 9.53. The van der Waals surface area contributed by atoms with Crippen molar-refractivity contribution in [1.29, 1.82) is 0 Å². The van der Waals surface area contributed by atoms with Gasteiger partial charge in [-0.25, -0.2) is 0 Å². The van der Waals surface area contributed by atoms with E-state index in [0.717, 1.165) is 16.7 Å². The Bertz CT molecular complexity index is 376. The molecule has 0 aromatic rings. The Hall–Kier alpha value is -1.74. The largest absolute Gasteiger partial charge is 0.0990 e. The van der Waals surface area contributed by atoms with E-state index in [4.69, 9.17) is 0 Å². The third-order valence-corrected chi connectivity index (χ3v) is 1.63. The average molecular weight is 198 g/mol. The van der Waals surface area contributed by atoms with Gasteiger partial charge in [-0.2, -0.15) is 0 Å². The highest BCUT2D eigenvalue weighted by atomic mass is 13.9. The topological polar surface area (TPSA) is 0 Å². The minimum atomic E-state index is 0.995. The van der Waals surface area contributed by atoms with Crippen molar-refractivity contribution in [2.75, 3.05) is 0 Å². The Morgan fingerprint density at radius 3 is 2.27 bits per heavy atom. The fourth-order valence-corrected chi connectivity index (χ4v) is 0.831. The van der Waals surface area contributed by atoms with Crippen molar-refractivity contribution in [2.24, 2.45) is 0 Å². The smallest absolute Gasteiger partial charge is 0.0206 e. The van der Waals surface area contributed by atoms with Gasteiger partial charge < -0.3 is 0 Å². The Morgan fingerprint density at radius 2 is 1.80 bits per heavy atom. The monoisotopic (exact) mass is 198 g/mol. The highest BCUT2D eigenvalue weighted by Crippen LogP contribution is 1.99. The van der Waals surface area contributed by atoms with Crippen LogP contribution in [0, 0.1) is 11.8 Å². The maximum absolute atomic E-state index is 3.80. The van der Waals surface area contributed by atoms with Gasteiger partial charge in [0, 0.05) is 5.57 Å². The lowest BCUT2D eigenvalue weighted by molar-refractivity contribution is 1.53. The molecular formula is C15H18. The molecule has 0 amide bonds. The van der Waals surface area contributed by atoms with Gasteiger partial charge in [0.05, 0.1) is 0 Å². The van der Waals surface area contributed by atoms with E-state index in [1.807, 2.05) is 45.1 Å². The maximum Gasteiger partial charge on any atom is 0.0206 e. The first kappa shape index (κ1) is 13.3. The Morgan fingerprint density at radius 1 is 1.13 bits per heavy atom. The molecule has 15 heavy (non-hydrogen) atoms. The summed E-state index contributed by atoms with van der Waals surface area (Å²) >= 11 is 0. The zero-order chi connectivity index (χ0) is 11.7. The molecule has 0 aliphatic rings. The van der Waals surface area contributed by atoms with E-state index >= 15 is 0 Å². The molecule has 0 radical (unpaired) electrons. The van der Waals surface area contributed by atoms with Crippen LogP contribution >= 0.6 is 0 Å². The van der Waals surface area contributed by atoms with Crippen LogP contribution < -0.4 is 0 Å². The zero-order valence-electron chi connectivity index (χ0n) is 9.80. The molecule has 0 bridgehead atoms. The van der Waals surface area contributed by atoms with Crippen molar-refractivity contribution < 1.29 is 0 Å². The molecule has 0 saturated heterocycles. The normalized spacial score (nSPS) is 12.2. The molecule has 0 aromatic heterocycles. The molecule has 78 valence electrons. The third-order valence-electron chi connectivity index (χ3n) is 1.63. The van der Waals surface area contributed by atoms with Crippen LogP contribution in [0.1, 0.15) is 20.8 Å². The van der Waals surface area contributed by atoms with Crippen LogP contribution in [-0.2, 0) is 0 Å². The fourth-order valence-electron chi connectivity index (χ4n) is 0.831. The summed E-state index contributed by atoms with van der Waals surface area (Å²) in [6.45, 7) is 13.3. The molecule has 0 fully saturated rings. The predicted octanol–water partition coefficient (Wildman–Crippen LogP) is 4.20. The van der Waals surface area contributed by atoms with E-state index in [1.165, 1.54) is 0 Å². The second-order valence-electron chi connectivity index (χ2n) is 3.26. The summed E-state index contributed by atoms with van der Waals surface area (Å²) in [6, 6.07) is 0. The van der Waals surface area contributed by atoms with Crippen LogP contribution in [-0.4, -0.2) is 0 Å². The van der Waals surface area contributed by atoms with Gasteiger partial charge in [-0.3, -0.25) is 0 Å². The summed E-state index contributed by atoms with van der Waals surface area (Å²) in [5.74, 6) is 6.13. The summed E-state index contributed by atoms with van der Waals surface area (Å²) < 4.78 is 0. The van der Waals surface area contributed by atoms with Crippen LogP contribution in [0.3, 0.4) is 0 Å². The molecule has 0 heterocycles. The molecule has 0 unspecified atom stereocenters. The van der Waals surface area contributed by atoms with Gasteiger partial charge in [0.25, 0.3) is 0 Å². The lowest BCUT2D eigenvalue weighted by atomic mass is 10.2. The van der Waals surface area contributed by atoms with E-state index in [9.17, 15) is 0 Å². The molecule has 0 nitrogen and oxygen atoms in total. The van der Waals surface area contributed by atoms with Crippen LogP contribution in [0.15, 0.2) is 60.3 Å². The van der Waals surface area contributed by atoms with Gasteiger partial charge in [-0.05, 0) is 32.4 Å². The van der Waals surface area contributed by atoms with Gasteiger partial charge in [0.15, 0.2) is 0 Å². The van der Waals surface area contributed by atoms with Crippen molar-refractivity contribution in [3.05, 3.63) is 60.3 Å². The van der Waals surface area contributed by atoms with Crippen molar-refractivity contribution in [3.63, 3.8) is 0 Å². The van der Waals surface area contributed by atoms with E-state index in [2.05, 4.69) is 25.0 Å². The minimum absolute atomic E-state index is 0.995. The standard InChI is InChI=1S/C15H18/c1-6-8-14(5)10-12-15(7-2)11-9-13(3)4/h6-9,11H,1,3H2,2,4-5H3/b11-9-,14-8+,15-7+. The zero-order valence-corrected chi connectivity index (χ0v) is 9.80. The van der Waals surface area contributed by atoms with Gasteiger partial charge >= 0.3 is 0 Å². The molecule has 0 atom stereocenters. The molecule has 0 aliphatic heterocycles. The lowest BCUT2D eigenvalue weighted by Gasteiger charge is -1.89. The quantitative estimate of drug-likeness (QED) is 0.471. The summed E-state index contributed by atoms with van der Waals surface area (Å²) in [5.41, 5.74) is 3.03. The molecule has 0 rings (SSSR count). The molecule has 0 saturated carbocycles. The number of hydrogen-bond donors (Lipinski definition) is 0. The minimum Gasteiger partial charge on any atom is -0.0990 e. The Labute approximate surface area is 93.4 Å². The van der Waals surface area contributed by atoms with Crippen molar-refractivity contribution in [3.8, 4) is 11.8 Å². The summed E-state index contributed by atoms with van der Waals surface area (Å²) in [7, 11) is 0. The molecule has 0 aliphatic carbocycles. The van der Waals surface area contributed by atoms with Crippen LogP contribution in [0.25, 0.3) is 0 Å². The van der Waals surface area contributed by atoms with Gasteiger partial charge in [0.2, 0.25) is 0 Å². The first-order chi connectivity index (χ1) is 7.10. The van der Waals surface area contributed by atoms with Crippen LogP contribution in [0.5, 0.6) is 0 Å². The highest BCUT2D eigenvalue weighted by molar-refractivity contribution is 5.44. The maximum atomic E-state index is 3.80. The first-order valence-electron chi connectivity index (χ1n) is 4.91. The second-order valence-corrected chi connectivity index (χ2v) is 3.26. The molecule has 0 spiro atoms. The first-order valence-corrected chi connectivity index (χ1v) is 4.91. The molecule has 0 heteroatoms. The van der Waals surface area contributed by atoms with E-state index in [1.54, 1.807) is 6.08 Å². The van der Waals surface area contributed by atoms with Crippen molar-refractivity contribution in [1.82, 2.24) is 0 Å². The number of hydrogen-bond acceptors (Lipinski definition) is 0. The van der Waals surface area contributed by atoms with Crippen LogP contribution in [0.2, 0.25) is 0 Å². The SMILES string of the molecule is C=C/C=C(\C)C#CC(/C=C\C(=C)C)=C/C. The predicted molar refractivity (Wildman–Crippen MR) is 69.4 cm³/mol. The molecule has 0 N–H and O–H groups in total. The lowest BCUT2D eigenvalue weighted by Crippen LogP contribution is -1.73. The second kappa shape index (κ2) is 7.64. The Balaban J connectivity index is 4.68. The number of allylic oxidation sites excluding steroid dienone is 8. The third kappa shape index (κ3) is 7.34. The number of rotatable bonds is 3.